The SMILES string of the molecule is COc1ccc(C=C2SC(=O)N(CCNC(=O)c3ccc(S(=O)(=O)N(C)C)cc3)C2=O)cc1. The van der Waals surface area contributed by atoms with E-state index >= 15 is 0 Å². The standard InChI is InChI=1S/C22H23N3O6S2/c1-24(2)33(29,30)18-10-6-16(7-11-18)20(26)23-12-13-25-21(27)19(32-22(25)28)14-15-4-8-17(31-3)9-5-15/h4-11,14H,12-13H2,1-3H3,(H,23,26). The first-order chi connectivity index (χ1) is 15.6. The first-order valence-electron chi connectivity index (χ1n) is 9.83. The molecule has 1 heterocycles. The Morgan fingerprint density at radius 3 is 2.30 bits per heavy atom. The van der Waals surface area contributed by atoms with Gasteiger partial charge in [0.25, 0.3) is 17.1 Å². The van der Waals surface area contributed by atoms with Gasteiger partial charge in [-0.05, 0) is 59.8 Å². The number of nitrogens with zero attached hydrogens (tertiary/aromatic N) is 2. The minimum atomic E-state index is -3.59. The van der Waals surface area contributed by atoms with Crippen molar-refractivity contribution in [3.63, 3.8) is 0 Å². The van der Waals surface area contributed by atoms with Gasteiger partial charge >= 0.3 is 0 Å². The molecule has 1 fully saturated rings. The van der Waals surface area contributed by atoms with Gasteiger partial charge in [-0.15, -0.1) is 0 Å². The van der Waals surface area contributed by atoms with Crippen molar-refractivity contribution in [2.75, 3.05) is 34.3 Å². The molecule has 0 aromatic heterocycles. The number of amides is 3. The number of thioether (sulfide) groups is 1. The van der Waals surface area contributed by atoms with Crippen molar-refractivity contribution in [2.24, 2.45) is 0 Å². The summed E-state index contributed by atoms with van der Waals surface area (Å²) in [7, 11) is 0.821. The molecule has 11 heteroatoms. The number of hydrogen-bond acceptors (Lipinski definition) is 7. The van der Waals surface area contributed by atoms with Gasteiger partial charge in [0, 0.05) is 32.7 Å². The van der Waals surface area contributed by atoms with Gasteiger partial charge in [-0.1, -0.05) is 12.1 Å². The number of carbonyl (C=O) groups is 3. The summed E-state index contributed by atoms with van der Waals surface area (Å²) >= 11 is 0.842. The van der Waals surface area contributed by atoms with Crippen LogP contribution in [0.25, 0.3) is 6.08 Å². The van der Waals surface area contributed by atoms with Crippen LogP contribution < -0.4 is 10.1 Å². The fourth-order valence-corrected chi connectivity index (χ4v) is 4.68. The van der Waals surface area contributed by atoms with E-state index < -0.39 is 27.1 Å². The summed E-state index contributed by atoms with van der Waals surface area (Å²) in [6.45, 7) is 0.0773. The topological polar surface area (TPSA) is 113 Å². The van der Waals surface area contributed by atoms with Gasteiger partial charge < -0.3 is 10.1 Å². The fraction of sp³-hybridized carbons (Fsp3) is 0.227. The van der Waals surface area contributed by atoms with Crippen molar-refractivity contribution in [1.82, 2.24) is 14.5 Å². The second-order valence-electron chi connectivity index (χ2n) is 7.17. The van der Waals surface area contributed by atoms with Crippen molar-refractivity contribution < 1.29 is 27.5 Å². The molecule has 0 atom stereocenters. The van der Waals surface area contributed by atoms with Crippen molar-refractivity contribution in [2.45, 2.75) is 4.90 Å². The van der Waals surface area contributed by atoms with E-state index in [0.717, 1.165) is 26.5 Å². The number of sulfonamides is 1. The molecule has 3 rings (SSSR count). The molecule has 9 nitrogen and oxygen atoms in total. The molecule has 0 radical (unpaired) electrons. The van der Waals surface area contributed by atoms with Crippen molar-refractivity contribution in [3.05, 3.63) is 64.6 Å². The Balaban J connectivity index is 1.57. The fourth-order valence-electron chi connectivity index (χ4n) is 2.92. The number of hydrogen-bond donors (Lipinski definition) is 1. The largest absolute Gasteiger partial charge is 0.497 e. The monoisotopic (exact) mass is 489 g/mol. The smallest absolute Gasteiger partial charge is 0.293 e. The maximum atomic E-state index is 12.6. The van der Waals surface area contributed by atoms with Crippen LogP contribution in [-0.4, -0.2) is 69.0 Å². The molecule has 3 amide bonds. The zero-order valence-electron chi connectivity index (χ0n) is 18.3. The van der Waals surface area contributed by atoms with E-state index in [1.807, 2.05) is 0 Å². The molecule has 0 spiro atoms. The molecule has 1 aliphatic heterocycles. The summed E-state index contributed by atoms with van der Waals surface area (Å²) < 4.78 is 30.4. The minimum absolute atomic E-state index is 0.0173. The Kier molecular flexibility index (Phi) is 7.57. The molecule has 2 aromatic carbocycles. The van der Waals surface area contributed by atoms with Crippen LogP contribution in [0.5, 0.6) is 5.75 Å². The van der Waals surface area contributed by atoms with Crippen molar-refractivity contribution in [1.29, 1.82) is 0 Å². The quantitative estimate of drug-likeness (QED) is 0.567. The van der Waals surface area contributed by atoms with Gasteiger partial charge in [0.1, 0.15) is 5.75 Å². The number of methoxy groups -OCH3 is 1. The zero-order valence-corrected chi connectivity index (χ0v) is 19.9. The van der Waals surface area contributed by atoms with E-state index in [-0.39, 0.29) is 23.5 Å². The highest BCUT2D eigenvalue weighted by Crippen LogP contribution is 2.32. The van der Waals surface area contributed by atoms with Gasteiger partial charge in [-0.3, -0.25) is 19.3 Å². The van der Waals surface area contributed by atoms with Gasteiger partial charge in [-0.25, -0.2) is 12.7 Å². The van der Waals surface area contributed by atoms with Gasteiger partial charge in [0.05, 0.1) is 16.9 Å². The number of ether oxygens (including phenoxy) is 1. The number of carbonyl (C=O) groups excluding carboxylic acids is 3. The van der Waals surface area contributed by atoms with Gasteiger partial charge in [0.15, 0.2) is 0 Å². The summed E-state index contributed by atoms with van der Waals surface area (Å²) in [6.07, 6.45) is 1.63. The maximum Gasteiger partial charge on any atom is 0.293 e. The molecule has 1 saturated heterocycles. The zero-order chi connectivity index (χ0) is 24.2. The Morgan fingerprint density at radius 1 is 1.09 bits per heavy atom. The molecule has 0 unspecified atom stereocenters. The summed E-state index contributed by atoms with van der Waals surface area (Å²) in [5.41, 5.74) is 1.02. The third-order valence-corrected chi connectivity index (χ3v) is 7.54. The average molecular weight is 490 g/mol. The van der Waals surface area contributed by atoms with Gasteiger partial charge in [0.2, 0.25) is 10.0 Å². The first-order valence-corrected chi connectivity index (χ1v) is 12.1. The Bertz CT molecular complexity index is 1190. The van der Waals surface area contributed by atoms with Crippen LogP contribution in [0, 0.1) is 0 Å². The second-order valence-corrected chi connectivity index (χ2v) is 10.3. The number of nitrogens with one attached hydrogen (secondary N) is 1. The van der Waals surface area contributed by atoms with Crippen LogP contribution in [0.2, 0.25) is 0 Å². The molecule has 1 aliphatic rings. The third-order valence-electron chi connectivity index (χ3n) is 4.80. The highest BCUT2D eigenvalue weighted by Gasteiger charge is 2.34. The number of benzene rings is 2. The first kappa shape index (κ1) is 24.5. The number of imide groups is 1. The van der Waals surface area contributed by atoms with Crippen molar-refractivity contribution >= 4 is 44.9 Å². The molecule has 0 aliphatic carbocycles. The highest BCUT2D eigenvalue weighted by molar-refractivity contribution is 8.18. The molecular formula is C22H23N3O6S2. The summed E-state index contributed by atoms with van der Waals surface area (Å²) in [4.78, 5) is 38.6. The highest BCUT2D eigenvalue weighted by atomic mass is 32.2. The van der Waals surface area contributed by atoms with Crippen molar-refractivity contribution in [3.8, 4) is 5.75 Å². The van der Waals surface area contributed by atoms with E-state index in [1.54, 1.807) is 37.5 Å². The van der Waals surface area contributed by atoms with E-state index in [2.05, 4.69) is 5.32 Å². The predicted molar refractivity (Wildman–Crippen MR) is 125 cm³/mol. The summed E-state index contributed by atoms with van der Waals surface area (Å²) in [6, 6.07) is 12.6. The van der Waals surface area contributed by atoms with E-state index in [9.17, 15) is 22.8 Å². The predicted octanol–water partition coefficient (Wildman–Crippen LogP) is 2.41. The van der Waals surface area contributed by atoms with E-state index in [4.69, 9.17) is 4.74 Å². The van der Waals surface area contributed by atoms with Crippen LogP contribution in [0.3, 0.4) is 0 Å². The lowest BCUT2D eigenvalue weighted by atomic mass is 10.2. The van der Waals surface area contributed by atoms with Crippen LogP contribution in [0.1, 0.15) is 15.9 Å². The Hall–Kier alpha value is -3.15. The third kappa shape index (κ3) is 5.62. The van der Waals surface area contributed by atoms with Crippen LogP contribution in [0.4, 0.5) is 4.79 Å². The lowest BCUT2D eigenvalue weighted by molar-refractivity contribution is -0.122. The molecular weight excluding hydrogens is 466 g/mol. The minimum Gasteiger partial charge on any atom is -0.497 e. The lowest BCUT2D eigenvalue weighted by Gasteiger charge is -2.13. The van der Waals surface area contributed by atoms with Crippen LogP contribution >= 0.6 is 11.8 Å². The molecule has 174 valence electrons. The average Bonchev–Trinajstić information content (AvgIpc) is 3.06. The lowest BCUT2D eigenvalue weighted by Crippen LogP contribution is -2.37. The molecule has 33 heavy (non-hydrogen) atoms. The van der Waals surface area contributed by atoms with E-state index in [0.29, 0.717) is 10.7 Å². The van der Waals surface area contributed by atoms with Crippen LogP contribution in [-0.2, 0) is 14.8 Å². The second kappa shape index (κ2) is 10.2. The molecule has 2 aromatic rings. The van der Waals surface area contributed by atoms with Gasteiger partial charge in [-0.2, -0.15) is 0 Å². The summed E-state index contributed by atoms with van der Waals surface area (Å²) in [5.74, 6) is -0.178. The molecule has 0 bridgehead atoms. The van der Waals surface area contributed by atoms with E-state index in [1.165, 1.54) is 38.4 Å². The maximum absolute atomic E-state index is 12.6. The molecule has 0 saturated carbocycles. The van der Waals surface area contributed by atoms with Crippen LogP contribution in [0.15, 0.2) is 58.3 Å². The Morgan fingerprint density at radius 2 is 1.73 bits per heavy atom. The molecule has 1 N–H and O–H groups in total. The summed E-state index contributed by atoms with van der Waals surface area (Å²) in [5, 5.41) is 2.23. The number of rotatable bonds is 8. The Labute approximate surface area is 196 Å². The normalized spacial score (nSPS) is 15.4.